The summed E-state index contributed by atoms with van der Waals surface area (Å²) >= 11 is 0. The van der Waals surface area contributed by atoms with Crippen LogP contribution in [0.15, 0.2) is 30.3 Å². The summed E-state index contributed by atoms with van der Waals surface area (Å²) < 4.78 is 33.3. The van der Waals surface area contributed by atoms with E-state index < -0.39 is 30.8 Å². The molecular formula is C22H24F2O4. The summed E-state index contributed by atoms with van der Waals surface area (Å²) in [5.41, 5.74) is 6.11. The number of alkyl halides is 2. The van der Waals surface area contributed by atoms with Crippen LogP contribution >= 0.6 is 0 Å². The number of hydrogen-bond acceptors (Lipinski definition) is 4. The maximum atomic E-state index is 14.0. The van der Waals surface area contributed by atoms with Crippen molar-refractivity contribution in [1.29, 1.82) is 0 Å². The molecule has 3 unspecified atom stereocenters. The number of aromatic hydroxyl groups is 1. The van der Waals surface area contributed by atoms with E-state index in [1.807, 2.05) is 6.92 Å². The number of ether oxygens (including phenoxy) is 1. The van der Waals surface area contributed by atoms with Crippen LogP contribution in [0, 0.1) is 6.92 Å². The molecule has 4 rings (SSSR count). The van der Waals surface area contributed by atoms with Gasteiger partial charge >= 0.3 is 5.92 Å². The zero-order chi connectivity index (χ0) is 20.1. The normalized spacial score (nSPS) is 25.8. The summed E-state index contributed by atoms with van der Waals surface area (Å²) in [4.78, 5) is 0. The van der Waals surface area contributed by atoms with Crippen molar-refractivity contribution in [3.8, 4) is 5.75 Å². The van der Waals surface area contributed by atoms with Gasteiger partial charge in [-0.15, -0.1) is 0 Å². The van der Waals surface area contributed by atoms with Gasteiger partial charge in [0, 0.05) is 12.0 Å². The highest BCUT2D eigenvalue weighted by atomic mass is 19.3. The summed E-state index contributed by atoms with van der Waals surface area (Å²) in [6.07, 6.45) is -2.15. The van der Waals surface area contributed by atoms with Gasteiger partial charge in [0.05, 0.1) is 12.7 Å². The molecule has 0 spiro atoms. The van der Waals surface area contributed by atoms with Crippen molar-refractivity contribution in [3.63, 3.8) is 0 Å². The fourth-order valence-electron chi connectivity index (χ4n) is 4.07. The highest BCUT2D eigenvalue weighted by molar-refractivity contribution is 5.46. The molecular weight excluding hydrogens is 366 g/mol. The second-order valence-corrected chi connectivity index (χ2v) is 7.84. The van der Waals surface area contributed by atoms with E-state index in [9.17, 15) is 24.1 Å². The van der Waals surface area contributed by atoms with E-state index in [4.69, 9.17) is 4.74 Å². The van der Waals surface area contributed by atoms with Crippen LogP contribution in [0.3, 0.4) is 0 Å². The number of phenolic OH excluding ortho intramolecular Hbond substituents is 1. The minimum absolute atomic E-state index is 0.0579. The molecule has 2 aliphatic rings. The number of aliphatic hydroxyl groups excluding tert-OH is 2. The van der Waals surface area contributed by atoms with Crippen molar-refractivity contribution >= 4 is 0 Å². The first kappa shape index (κ1) is 19.3. The molecule has 0 bridgehead atoms. The molecule has 0 aromatic heterocycles. The molecule has 2 aromatic rings. The van der Waals surface area contributed by atoms with Crippen molar-refractivity contribution in [2.24, 2.45) is 0 Å². The average molecular weight is 390 g/mol. The van der Waals surface area contributed by atoms with E-state index >= 15 is 0 Å². The minimum atomic E-state index is -3.53. The predicted octanol–water partition coefficient (Wildman–Crippen LogP) is 3.21. The number of rotatable bonds is 4. The summed E-state index contributed by atoms with van der Waals surface area (Å²) in [5.74, 6) is -3.59. The Morgan fingerprint density at radius 2 is 1.89 bits per heavy atom. The zero-order valence-corrected chi connectivity index (χ0v) is 15.7. The predicted molar refractivity (Wildman–Crippen MR) is 99.8 cm³/mol. The van der Waals surface area contributed by atoms with Crippen LogP contribution in [0.5, 0.6) is 5.75 Å². The summed E-state index contributed by atoms with van der Waals surface area (Å²) in [6.45, 7) is 0.983. The Morgan fingerprint density at radius 1 is 1.14 bits per heavy atom. The third-order valence-corrected chi connectivity index (χ3v) is 5.97. The van der Waals surface area contributed by atoms with Crippen molar-refractivity contribution in [2.75, 3.05) is 6.61 Å². The lowest BCUT2D eigenvalue weighted by Crippen LogP contribution is -2.53. The first-order chi connectivity index (χ1) is 13.3. The van der Waals surface area contributed by atoms with Crippen LogP contribution in [0.4, 0.5) is 8.78 Å². The molecule has 1 heterocycles. The highest BCUT2D eigenvalue weighted by Gasteiger charge is 2.53. The van der Waals surface area contributed by atoms with Crippen LogP contribution in [0.1, 0.15) is 45.9 Å². The monoisotopic (exact) mass is 390 g/mol. The smallest absolute Gasteiger partial charge is 0.301 e. The van der Waals surface area contributed by atoms with Gasteiger partial charge in [0.25, 0.3) is 0 Å². The summed E-state index contributed by atoms with van der Waals surface area (Å²) in [6, 6.07) is 9.78. The van der Waals surface area contributed by atoms with Gasteiger partial charge in [0.2, 0.25) is 0 Å². The Bertz CT molecular complexity index is 896. The summed E-state index contributed by atoms with van der Waals surface area (Å²) in [5, 5.41) is 29.5. The molecule has 1 fully saturated rings. The molecule has 0 radical (unpaired) electrons. The lowest BCUT2D eigenvalue weighted by molar-refractivity contribution is -0.259. The van der Waals surface area contributed by atoms with Gasteiger partial charge in [-0.05, 0) is 66.1 Å². The van der Waals surface area contributed by atoms with E-state index in [-0.39, 0.29) is 12.2 Å². The lowest BCUT2D eigenvalue weighted by atomic mass is 9.85. The molecule has 1 saturated heterocycles. The van der Waals surface area contributed by atoms with Gasteiger partial charge < -0.3 is 20.1 Å². The van der Waals surface area contributed by atoms with Gasteiger partial charge in [0.15, 0.2) is 0 Å². The van der Waals surface area contributed by atoms with Crippen molar-refractivity contribution in [2.45, 2.75) is 56.8 Å². The van der Waals surface area contributed by atoms with E-state index in [1.165, 1.54) is 11.1 Å². The third-order valence-electron chi connectivity index (χ3n) is 5.97. The SMILES string of the molecule is Cc1cc(O)c(C2CC(O)C(F)(F)C(CO)O2)cc1Cc1ccc2c(c1)CC2. The van der Waals surface area contributed by atoms with Crippen molar-refractivity contribution < 1.29 is 28.8 Å². The van der Waals surface area contributed by atoms with Crippen LogP contribution in [0.2, 0.25) is 0 Å². The van der Waals surface area contributed by atoms with Crippen LogP contribution in [0.25, 0.3) is 0 Å². The van der Waals surface area contributed by atoms with Crippen LogP contribution in [-0.2, 0) is 24.0 Å². The molecule has 150 valence electrons. The average Bonchev–Trinajstić information content (AvgIpc) is 2.62. The zero-order valence-electron chi connectivity index (χ0n) is 15.7. The standard InChI is InChI=1S/C22H24F2O4/c1-12-6-18(26)17(19-10-20(27)22(23,24)21(11-25)28-19)9-16(12)8-13-2-3-14-4-5-15(14)7-13/h2-3,6-7,9,19-21,25-27H,4-5,8,10-11H2,1H3. The van der Waals surface area contributed by atoms with Gasteiger partial charge in [-0.3, -0.25) is 0 Å². The van der Waals surface area contributed by atoms with E-state index in [0.29, 0.717) is 12.0 Å². The Morgan fingerprint density at radius 3 is 2.54 bits per heavy atom. The first-order valence-electron chi connectivity index (χ1n) is 9.55. The third kappa shape index (κ3) is 3.30. The van der Waals surface area contributed by atoms with Gasteiger partial charge in [-0.25, -0.2) is 8.78 Å². The number of benzene rings is 2. The molecule has 3 atom stereocenters. The highest BCUT2D eigenvalue weighted by Crippen LogP contribution is 2.43. The topological polar surface area (TPSA) is 69.9 Å². The molecule has 0 amide bonds. The Kier molecular flexibility index (Phi) is 4.89. The van der Waals surface area contributed by atoms with E-state index in [1.54, 1.807) is 12.1 Å². The maximum Gasteiger partial charge on any atom is 0.301 e. The number of fused-ring (bicyclic) bond motifs is 1. The second-order valence-electron chi connectivity index (χ2n) is 7.84. The number of aliphatic hydroxyl groups is 2. The number of aryl methyl sites for hydroxylation is 3. The van der Waals surface area contributed by atoms with Gasteiger partial charge in [-0.2, -0.15) is 0 Å². The van der Waals surface area contributed by atoms with Gasteiger partial charge in [0.1, 0.15) is 18.0 Å². The number of phenols is 1. The fraction of sp³-hybridized carbons (Fsp3) is 0.455. The quantitative estimate of drug-likeness (QED) is 0.750. The minimum Gasteiger partial charge on any atom is -0.508 e. The van der Waals surface area contributed by atoms with E-state index in [0.717, 1.165) is 29.5 Å². The number of halogens is 2. The molecule has 0 saturated carbocycles. The molecule has 4 nitrogen and oxygen atoms in total. The first-order valence-corrected chi connectivity index (χ1v) is 9.55. The fourth-order valence-corrected chi connectivity index (χ4v) is 4.07. The van der Waals surface area contributed by atoms with Crippen molar-refractivity contribution in [1.82, 2.24) is 0 Å². The van der Waals surface area contributed by atoms with Gasteiger partial charge in [-0.1, -0.05) is 18.2 Å². The summed E-state index contributed by atoms with van der Waals surface area (Å²) in [7, 11) is 0. The molecule has 2 aromatic carbocycles. The van der Waals surface area contributed by atoms with Crippen molar-refractivity contribution in [3.05, 3.63) is 63.7 Å². The molecule has 28 heavy (non-hydrogen) atoms. The number of hydrogen-bond donors (Lipinski definition) is 3. The second kappa shape index (κ2) is 7.10. The molecule has 1 aliphatic heterocycles. The maximum absolute atomic E-state index is 14.0. The Hall–Kier alpha value is -2.02. The molecule has 1 aliphatic carbocycles. The lowest BCUT2D eigenvalue weighted by Gasteiger charge is -2.39. The molecule has 6 heteroatoms. The molecule has 3 N–H and O–H groups in total. The Balaban J connectivity index is 1.62. The largest absolute Gasteiger partial charge is 0.508 e. The Labute approximate surface area is 162 Å². The van der Waals surface area contributed by atoms with Crippen LogP contribution in [-0.4, -0.2) is 40.1 Å². The van der Waals surface area contributed by atoms with Crippen LogP contribution < -0.4 is 0 Å². The van der Waals surface area contributed by atoms with E-state index in [2.05, 4.69) is 18.2 Å².